The number of ether oxygens (including phenoxy) is 2. The fourth-order valence-corrected chi connectivity index (χ4v) is 4.55. The molecular weight excluding hydrogens is 464 g/mol. The van der Waals surface area contributed by atoms with E-state index < -0.39 is 41.6 Å². The third kappa shape index (κ3) is 4.45. The fraction of sp³-hybridized carbons (Fsp3) is 0.179. The van der Waals surface area contributed by atoms with E-state index in [1.54, 1.807) is 42.5 Å². The van der Waals surface area contributed by atoms with Crippen LogP contribution in [0.15, 0.2) is 78.9 Å². The number of aliphatic hydroxyl groups is 1. The van der Waals surface area contributed by atoms with Crippen LogP contribution in [0.4, 0.5) is 0 Å². The minimum atomic E-state index is -2.17. The number of benzene rings is 3. The third-order valence-corrected chi connectivity index (χ3v) is 6.18. The van der Waals surface area contributed by atoms with Crippen molar-refractivity contribution in [2.24, 2.45) is 0 Å². The summed E-state index contributed by atoms with van der Waals surface area (Å²) >= 11 is 0. The van der Waals surface area contributed by atoms with E-state index >= 15 is 0 Å². The Morgan fingerprint density at radius 3 is 1.97 bits per heavy atom. The highest BCUT2D eigenvalue weighted by Gasteiger charge is 2.57. The van der Waals surface area contributed by atoms with Gasteiger partial charge in [0.2, 0.25) is 0 Å². The smallest absolute Gasteiger partial charge is 0.338 e. The minimum absolute atomic E-state index is 0.111. The zero-order chi connectivity index (χ0) is 25.9. The van der Waals surface area contributed by atoms with Gasteiger partial charge in [0.05, 0.1) is 22.6 Å². The van der Waals surface area contributed by atoms with Crippen LogP contribution in [0.3, 0.4) is 0 Å². The standard InChI is InChI=1S/C28H22O8/c1-2-28(34)23(18-12-6-8-14-20(18)25(29)30)22(16-35-27(33)17-10-4-3-5-11-17)36-24(28)19-13-7-9-15-21(19)26(31)32/h1,3-15,22-24,34H,16H2,(H,29,30)(H,31,32)/t22-,23+,24+,28-/m0/s1. The molecule has 3 aromatic rings. The Morgan fingerprint density at radius 1 is 0.861 bits per heavy atom. The van der Waals surface area contributed by atoms with Gasteiger partial charge in [-0.1, -0.05) is 60.5 Å². The molecule has 36 heavy (non-hydrogen) atoms. The highest BCUT2D eigenvalue weighted by atomic mass is 16.6. The number of hydrogen-bond acceptors (Lipinski definition) is 6. The van der Waals surface area contributed by atoms with Crippen LogP contribution in [-0.2, 0) is 9.47 Å². The van der Waals surface area contributed by atoms with Gasteiger partial charge in [-0.25, -0.2) is 14.4 Å². The van der Waals surface area contributed by atoms with Crippen LogP contribution in [0, 0.1) is 12.3 Å². The predicted octanol–water partition coefficient (Wildman–Crippen LogP) is 3.53. The molecule has 1 heterocycles. The van der Waals surface area contributed by atoms with Gasteiger partial charge in [-0.05, 0) is 35.4 Å². The Bertz CT molecular complexity index is 1340. The Kier molecular flexibility index (Phi) is 6.88. The summed E-state index contributed by atoms with van der Waals surface area (Å²) in [7, 11) is 0. The first-order valence-corrected chi connectivity index (χ1v) is 11.0. The lowest BCUT2D eigenvalue weighted by atomic mass is 9.75. The van der Waals surface area contributed by atoms with Crippen molar-refractivity contribution in [2.45, 2.75) is 23.7 Å². The largest absolute Gasteiger partial charge is 0.478 e. The van der Waals surface area contributed by atoms with Crippen LogP contribution in [-0.4, -0.2) is 51.5 Å². The van der Waals surface area contributed by atoms with Gasteiger partial charge in [-0.3, -0.25) is 0 Å². The van der Waals surface area contributed by atoms with E-state index in [0.29, 0.717) is 0 Å². The SMILES string of the molecule is C#C[C@@]1(O)[C@@H](c2ccccc2C(=O)O)O[C@@H](COC(=O)c2ccccc2)[C@H]1c1ccccc1C(=O)O. The summed E-state index contributed by atoms with van der Waals surface area (Å²) in [5.74, 6) is -1.99. The number of terminal acetylenes is 1. The van der Waals surface area contributed by atoms with Crippen molar-refractivity contribution >= 4 is 17.9 Å². The molecular formula is C28H22O8. The third-order valence-electron chi connectivity index (χ3n) is 6.18. The number of carbonyl (C=O) groups is 3. The lowest BCUT2D eigenvalue weighted by Gasteiger charge is -2.30. The second-order valence-corrected chi connectivity index (χ2v) is 8.25. The van der Waals surface area contributed by atoms with E-state index in [1.165, 1.54) is 36.4 Å². The summed E-state index contributed by atoms with van der Waals surface area (Å²) in [6.45, 7) is -0.373. The molecule has 0 unspecified atom stereocenters. The maximum absolute atomic E-state index is 12.6. The molecule has 1 saturated heterocycles. The number of carbonyl (C=O) groups excluding carboxylic acids is 1. The van der Waals surface area contributed by atoms with Crippen molar-refractivity contribution in [1.82, 2.24) is 0 Å². The maximum Gasteiger partial charge on any atom is 0.338 e. The fourth-order valence-electron chi connectivity index (χ4n) is 4.55. The van der Waals surface area contributed by atoms with Crippen molar-refractivity contribution < 1.29 is 39.2 Å². The monoisotopic (exact) mass is 486 g/mol. The maximum atomic E-state index is 12.6. The molecule has 0 spiro atoms. The molecule has 0 bridgehead atoms. The molecule has 0 aliphatic carbocycles. The molecule has 1 aliphatic heterocycles. The molecule has 0 saturated carbocycles. The van der Waals surface area contributed by atoms with E-state index in [2.05, 4.69) is 5.92 Å². The summed E-state index contributed by atoms with van der Waals surface area (Å²) in [6, 6.07) is 20.1. The van der Waals surface area contributed by atoms with Gasteiger partial charge < -0.3 is 24.8 Å². The van der Waals surface area contributed by atoms with Crippen molar-refractivity contribution in [3.63, 3.8) is 0 Å². The molecule has 3 aromatic carbocycles. The zero-order valence-corrected chi connectivity index (χ0v) is 18.9. The summed E-state index contributed by atoms with van der Waals surface area (Å²) in [6.07, 6.45) is 3.37. The van der Waals surface area contributed by atoms with Gasteiger partial charge in [-0.2, -0.15) is 0 Å². The summed E-state index contributed by atoms with van der Waals surface area (Å²) in [4.78, 5) is 36.5. The normalized spacial score (nSPS) is 22.9. The van der Waals surface area contributed by atoms with E-state index in [0.717, 1.165) is 0 Å². The number of rotatable bonds is 7. The van der Waals surface area contributed by atoms with Crippen LogP contribution in [0.25, 0.3) is 0 Å². The predicted molar refractivity (Wildman–Crippen MR) is 128 cm³/mol. The lowest BCUT2D eigenvalue weighted by molar-refractivity contribution is -0.0360. The molecule has 0 radical (unpaired) electrons. The zero-order valence-electron chi connectivity index (χ0n) is 18.9. The van der Waals surface area contributed by atoms with Crippen molar-refractivity contribution in [2.75, 3.05) is 6.61 Å². The highest BCUT2D eigenvalue weighted by Crippen LogP contribution is 2.51. The minimum Gasteiger partial charge on any atom is -0.478 e. The molecule has 1 fully saturated rings. The van der Waals surface area contributed by atoms with Crippen LogP contribution in [0.5, 0.6) is 0 Å². The van der Waals surface area contributed by atoms with Gasteiger partial charge in [-0.15, -0.1) is 6.42 Å². The number of hydrogen-bond donors (Lipinski definition) is 3. The van der Waals surface area contributed by atoms with Gasteiger partial charge in [0.1, 0.15) is 18.8 Å². The second kappa shape index (κ2) is 10.0. The van der Waals surface area contributed by atoms with E-state index in [4.69, 9.17) is 15.9 Å². The van der Waals surface area contributed by atoms with Crippen LogP contribution in [0.1, 0.15) is 54.2 Å². The molecule has 0 aromatic heterocycles. The van der Waals surface area contributed by atoms with Gasteiger partial charge in [0.15, 0.2) is 5.60 Å². The Hall–Kier alpha value is -4.45. The topological polar surface area (TPSA) is 130 Å². The Morgan fingerprint density at radius 2 is 1.39 bits per heavy atom. The molecule has 8 nitrogen and oxygen atoms in total. The number of aromatic carboxylic acids is 2. The molecule has 3 N–H and O–H groups in total. The van der Waals surface area contributed by atoms with E-state index in [-0.39, 0.29) is 34.4 Å². The first-order valence-electron chi connectivity index (χ1n) is 11.0. The van der Waals surface area contributed by atoms with Gasteiger partial charge in [0.25, 0.3) is 0 Å². The lowest BCUT2D eigenvalue weighted by Crippen LogP contribution is -2.39. The Balaban J connectivity index is 1.80. The van der Waals surface area contributed by atoms with Crippen molar-refractivity contribution in [3.8, 4) is 12.3 Å². The molecule has 0 amide bonds. The average molecular weight is 486 g/mol. The summed E-state index contributed by atoms with van der Waals surface area (Å²) in [5.41, 5.74) is -1.85. The molecule has 1 aliphatic rings. The quantitative estimate of drug-likeness (QED) is 0.342. The van der Waals surface area contributed by atoms with Crippen molar-refractivity contribution in [3.05, 3.63) is 107 Å². The van der Waals surface area contributed by atoms with Gasteiger partial charge >= 0.3 is 17.9 Å². The average Bonchev–Trinajstić information content (AvgIpc) is 3.19. The van der Waals surface area contributed by atoms with E-state index in [9.17, 15) is 29.7 Å². The van der Waals surface area contributed by atoms with Crippen LogP contribution >= 0.6 is 0 Å². The number of carboxylic acids is 2. The summed E-state index contributed by atoms with van der Waals surface area (Å²) in [5, 5.41) is 31.3. The molecule has 4 rings (SSSR count). The van der Waals surface area contributed by atoms with Crippen LogP contribution in [0.2, 0.25) is 0 Å². The van der Waals surface area contributed by atoms with Crippen molar-refractivity contribution in [1.29, 1.82) is 0 Å². The van der Waals surface area contributed by atoms with Gasteiger partial charge in [0, 0.05) is 0 Å². The second-order valence-electron chi connectivity index (χ2n) is 8.25. The number of esters is 1. The first kappa shape index (κ1) is 24.7. The summed E-state index contributed by atoms with van der Waals surface area (Å²) < 4.78 is 11.6. The molecule has 8 heteroatoms. The molecule has 4 atom stereocenters. The van der Waals surface area contributed by atoms with E-state index in [1.807, 2.05) is 0 Å². The van der Waals surface area contributed by atoms with Crippen LogP contribution < -0.4 is 0 Å². The molecule has 182 valence electrons. The highest BCUT2D eigenvalue weighted by molar-refractivity contribution is 5.91. The first-order chi connectivity index (χ1) is 17.3. The Labute approximate surface area is 206 Å². The number of carboxylic acid groups (broad SMARTS) is 2.